The molecule has 2 aliphatic heterocycles. The van der Waals surface area contributed by atoms with Crippen LogP contribution in [0.25, 0.3) is 44.5 Å². The highest BCUT2D eigenvalue weighted by Gasteiger charge is 2.59. The Morgan fingerprint density at radius 3 is 0.885 bits per heavy atom. The summed E-state index contributed by atoms with van der Waals surface area (Å²) in [6, 6.07) is 62.2. The van der Waals surface area contributed by atoms with Crippen LogP contribution in [0.5, 0.6) is 0 Å². The number of fused-ring (bicyclic) bond motifs is 8. The van der Waals surface area contributed by atoms with Crippen LogP contribution in [0.3, 0.4) is 0 Å². The summed E-state index contributed by atoms with van der Waals surface area (Å²) in [5, 5.41) is 0. The number of ether oxygens (including phenoxy) is 2. The number of anilines is 6. The van der Waals surface area contributed by atoms with Crippen LogP contribution in [0.1, 0.15) is 252 Å². The minimum atomic E-state index is -4.19. The van der Waals surface area contributed by atoms with Crippen LogP contribution >= 0.6 is 0 Å². The molecule has 0 aromatic heterocycles. The van der Waals surface area contributed by atoms with Gasteiger partial charge in [-0.25, -0.2) is 9.47 Å². The SMILES string of the molecule is CCCCCCCCC1(CCCCCCCC)c2cc(N(c3ccccc3)c3ccccc3-c3ccc4c(c3)C(F)(F)OC4(F)F)ccc2-c2cc3c(cc21)-c1ccc(N(c2ccccc2)c2ccccc2-c2ccc4c(c2)C(F)(F)OC4(F)F)cc1C3(CCCCCCCC)CCCCCCCC. The lowest BCUT2D eigenvalue weighted by Crippen LogP contribution is -2.27. The van der Waals surface area contributed by atoms with Crippen LogP contribution in [-0.4, -0.2) is 0 Å². The number of nitrogens with zero attached hydrogens (tertiary/aromatic N) is 2. The van der Waals surface area contributed by atoms with Gasteiger partial charge in [-0.05, 0) is 178 Å². The van der Waals surface area contributed by atoms with E-state index in [1.54, 1.807) is 0 Å². The van der Waals surface area contributed by atoms with E-state index in [1.807, 2.05) is 84.9 Å². The molecule has 0 bridgehead atoms. The number of unbranched alkanes of at least 4 members (excludes halogenated alkanes) is 20. The van der Waals surface area contributed by atoms with Crippen molar-refractivity contribution in [3.05, 3.63) is 239 Å². The Labute approximate surface area is 611 Å². The summed E-state index contributed by atoms with van der Waals surface area (Å²) in [5.41, 5.74) is 12.8. The molecule has 104 heavy (non-hydrogen) atoms. The molecule has 13 rings (SSSR count). The molecule has 4 aliphatic rings. The molecule has 9 aromatic carbocycles. The molecule has 0 saturated carbocycles. The lowest BCUT2D eigenvalue weighted by molar-refractivity contribution is -0.370. The van der Waals surface area contributed by atoms with Gasteiger partial charge in [0.1, 0.15) is 0 Å². The molecule has 12 heteroatoms. The van der Waals surface area contributed by atoms with Crippen molar-refractivity contribution in [2.45, 2.75) is 243 Å². The second-order valence-electron chi connectivity index (χ2n) is 29.8. The summed E-state index contributed by atoms with van der Waals surface area (Å²) in [6.45, 7) is 9.05. The summed E-state index contributed by atoms with van der Waals surface area (Å²) in [4.78, 5) is 4.40. The summed E-state index contributed by atoms with van der Waals surface area (Å²) >= 11 is 0. The fraction of sp³-hybridized carbons (Fsp3) is 0.413. The summed E-state index contributed by atoms with van der Waals surface area (Å²) < 4.78 is 130. The zero-order valence-corrected chi connectivity index (χ0v) is 61.0. The largest absolute Gasteiger partial charge is 0.388 e. The number of hydrogen-bond acceptors (Lipinski definition) is 4. The molecular weight excluding hydrogens is 1320 g/mol. The molecule has 4 nitrogen and oxygen atoms in total. The van der Waals surface area contributed by atoms with Gasteiger partial charge in [-0.15, -0.1) is 0 Å². The van der Waals surface area contributed by atoms with Crippen LogP contribution in [0.15, 0.2) is 194 Å². The molecule has 0 amide bonds. The normalized spacial score (nSPS) is 16.2. The van der Waals surface area contributed by atoms with Gasteiger partial charge < -0.3 is 9.80 Å². The van der Waals surface area contributed by atoms with Crippen molar-refractivity contribution in [3.63, 3.8) is 0 Å². The number of halogens is 8. The average molecular weight is 1420 g/mol. The van der Waals surface area contributed by atoms with Crippen molar-refractivity contribution in [2.24, 2.45) is 0 Å². The molecule has 0 fully saturated rings. The van der Waals surface area contributed by atoms with Crippen molar-refractivity contribution in [3.8, 4) is 44.5 Å². The molecule has 9 aromatic rings. The van der Waals surface area contributed by atoms with Gasteiger partial charge in [0.2, 0.25) is 0 Å². The van der Waals surface area contributed by atoms with Crippen LogP contribution < -0.4 is 9.80 Å². The quantitative estimate of drug-likeness (QED) is 0.0289. The third-order valence-corrected chi connectivity index (χ3v) is 22.9. The van der Waals surface area contributed by atoms with E-state index in [2.05, 4.69) is 120 Å². The molecular formula is C92H100F8N2O2. The van der Waals surface area contributed by atoms with Gasteiger partial charge >= 0.3 is 24.4 Å². The van der Waals surface area contributed by atoms with E-state index < -0.39 is 57.5 Å². The van der Waals surface area contributed by atoms with E-state index in [9.17, 15) is 0 Å². The number of para-hydroxylation sites is 4. The van der Waals surface area contributed by atoms with Gasteiger partial charge in [0.05, 0.1) is 33.6 Å². The maximum atomic E-state index is 15.5. The third kappa shape index (κ3) is 14.8. The van der Waals surface area contributed by atoms with Gasteiger partial charge in [-0.3, -0.25) is 0 Å². The highest BCUT2D eigenvalue weighted by molar-refractivity contribution is 5.95. The van der Waals surface area contributed by atoms with Crippen LogP contribution in [-0.2, 0) is 44.7 Å². The first-order valence-corrected chi connectivity index (χ1v) is 39.0. The molecule has 0 atom stereocenters. The zero-order chi connectivity index (χ0) is 72.7. The molecule has 0 saturated heterocycles. The maximum Gasteiger partial charge on any atom is 0.388 e. The molecule has 0 N–H and O–H groups in total. The Morgan fingerprint density at radius 2 is 0.538 bits per heavy atom. The van der Waals surface area contributed by atoms with E-state index in [-0.39, 0.29) is 0 Å². The topological polar surface area (TPSA) is 24.9 Å². The first-order valence-electron chi connectivity index (χ1n) is 39.0. The Morgan fingerprint density at radius 1 is 0.240 bits per heavy atom. The van der Waals surface area contributed by atoms with Crippen molar-refractivity contribution in [2.75, 3.05) is 9.80 Å². The smallest absolute Gasteiger partial charge is 0.310 e. The zero-order valence-electron chi connectivity index (χ0n) is 61.0. The van der Waals surface area contributed by atoms with Crippen molar-refractivity contribution in [1.82, 2.24) is 0 Å². The molecule has 546 valence electrons. The molecule has 0 spiro atoms. The Bertz CT molecular complexity index is 4100. The first kappa shape index (κ1) is 74.2. The second-order valence-corrected chi connectivity index (χ2v) is 29.8. The number of rotatable bonds is 36. The van der Waals surface area contributed by atoms with E-state index in [4.69, 9.17) is 0 Å². The molecule has 2 heterocycles. The monoisotopic (exact) mass is 1420 g/mol. The Kier molecular flexibility index (Phi) is 22.8. The number of hydrogen-bond donors (Lipinski definition) is 0. The molecule has 0 unspecified atom stereocenters. The third-order valence-electron chi connectivity index (χ3n) is 22.9. The van der Waals surface area contributed by atoms with Gasteiger partial charge in [0.25, 0.3) is 0 Å². The lowest BCUT2D eigenvalue weighted by Gasteiger charge is -2.36. The van der Waals surface area contributed by atoms with E-state index >= 15 is 35.1 Å². The Balaban J connectivity index is 1.01. The van der Waals surface area contributed by atoms with Crippen LogP contribution in [0, 0.1) is 0 Å². The second kappa shape index (κ2) is 31.9. The summed E-state index contributed by atoms with van der Waals surface area (Å²) in [6.07, 6.45) is 14.3. The highest BCUT2D eigenvalue weighted by atomic mass is 19.3. The average Bonchev–Trinajstić information content (AvgIpc) is 1.53. The van der Waals surface area contributed by atoms with Gasteiger partial charge in [0, 0.05) is 44.7 Å². The Hall–Kier alpha value is -8.06. The van der Waals surface area contributed by atoms with Crippen LogP contribution in [0.2, 0.25) is 0 Å². The fourth-order valence-electron chi connectivity index (χ4n) is 17.7. The number of alkyl halides is 8. The molecule has 2 aliphatic carbocycles. The minimum Gasteiger partial charge on any atom is -0.310 e. The predicted molar refractivity (Wildman–Crippen MR) is 409 cm³/mol. The predicted octanol–water partition coefficient (Wildman–Crippen LogP) is 29.8. The van der Waals surface area contributed by atoms with Crippen molar-refractivity contribution in [1.29, 1.82) is 0 Å². The van der Waals surface area contributed by atoms with Crippen LogP contribution in [0.4, 0.5) is 69.2 Å². The summed E-state index contributed by atoms with van der Waals surface area (Å²) in [5.74, 6) is 0. The standard InChI is InChI=1S/C92H100F8N2O2/c1-5-9-13-17-21-35-55-87(56-36-22-18-14-10-6-2)79-61-69(101(67-39-27-25-28-40-67)85-45-33-31-43-71(85)65-47-53-77-83(59-65)91(97,98)103-89(77,93)94)49-51-73(79)75-64-82-76(63-81(75)87)74-52-50-70(62-80(74)88(82,57-37-23-19-15-11-7-3)58-38-24-20-16-12-8-4)102(68-41-29-26-30-42-68)86-46-34-32-44-72(86)66-48-54-78-84(60-66)92(99,100)104-90(78,95)96/h25-34,39-54,59-64H,5-24,35-38,55-58H2,1-4H3. The minimum absolute atomic E-state index is 0.359. The van der Waals surface area contributed by atoms with Gasteiger partial charge in [-0.2, -0.15) is 35.1 Å². The van der Waals surface area contributed by atoms with E-state index in [0.29, 0.717) is 33.6 Å². The fourth-order valence-corrected chi connectivity index (χ4v) is 17.7. The van der Waals surface area contributed by atoms with E-state index in [1.165, 1.54) is 108 Å². The maximum absolute atomic E-state index is 15.5. The number of benzene rings is 9. The van der Waals surface area contributed by atoms with Crippen molar-refractivity contribution >= 4 is 34.1 Å². The first-order chi connectivity index (χ1) is 50.4. The summed E-state index contributed by atoms with van der Waals surface area (Å²) in [7, 11) is 0. The van der Waals surface area contributed by atoms with E-state index in [0.717, 1.165) is 175 Å². The van der Waals surface area contributed by atoms with Crippen molar-refractivity contribution < 1.29 is 44.6 Å². The highest BCUT2D eigenvalue weighted by Crippen LogP contribution is 2.63. The van der Waals surface area contributed by atoms with Gasteiger partial charge in [0.15, 0.2) is 0 Å². The molecule has 0 radical (unpaired) electrons. The lowest BCUT2D eigenvalue weighted by atomic mass is 9.68. The van der Waals surface area contributed by atoms with Gasteiger partial charge in [-0.1, -0.05) is 279 Å².